The molecular weight excluding hydrogens is 416 g/mol. The normalized spacial score (nSPS) is 11.0. The smallest absolute Gasteiger partial charge is 0.263 e. The van der Waals surface area contributed by atoms with Crippen LogP contribution in [-0.2, 0) is 10.0 Å². The Morgan fingerprint density at radius 1 is 1.00 bits per heavy atom. The maximum atomic E-state index is 12.5. The van der Waals surface area contributed by atoms with Gasteiger partial charge < -0.3 is 25.4 Å². The molecule has 1 heterocycles. The summed E-state index contributed by atoms with van der Waals surface area (Å²) in [5, 5.41) is 30.8. The molecule has 0 aliphatic carbocycles. The van der Waals surface area contributed by atoms with Gasteiger partial charge in [0.05, 0.1) is 12.0 Å². The van der Waals surface area contributed by atoms with E-state index >= 15 is 0 Å². The summed E-state index contributed by atoms with van der Waals surface area (Å²) in [6, 6.07) is 8.51. The number of rotatable bonds is 6. The summed E-state index contributed by atoms with van der Waals surface area (Å²) in [6.07, 6.45) is 1.15. The maximum Gasteiger partial charge on any atom is 0.263 e. The Balaban J connectivity index is 1.74. The van der Waals surface area contributed by atoms with E-state index in [1.54, 1.807) is 0 Å². The number of aromatic nitrogens is 2. The Labute approximate surface area is 170 Å². The van der Waals surface area contributed by atoms with Crippen molar-refractivity contribution in [1.82, 2.24) is 9.97 Å². The number of ether oxygens (including phenoxy) is 1. The first kappa shape index (κ1) is 20.7. The predicted octanol–water partition coefficient (Wildman–Crippen LogP) is 1.66. The van der Waals surface area contributed by atoms with E-state index in [0.717, 1.165) is 18.5 Å². The number of phenolic OH excluding ortho intramolecular Hbond substituents is 3. The third-order valence-electron chi connectivity index (χ3n) is 3.84. The first-order valence-corrected chi connectivity index (χ1v) is 9.73. The number of carbonyl (C=O) groups excluding carboxylic acids is 1. The summed E-state index contributed by atoms with van der Waals surface area (Å²) in [6.45, 7) is 0. The highest BCUT2D eigenvalue weighted by molar-refractivity contribution is 7.92. The molecule has 0 saturated carbocycles. The molecule has 156 valence electrons. The van der Waals surface area contributed by atoms with Gasteiger partial charge in [-0.05, 0) is 36.4 Å². The zero-order valence-corrected chi connectivity index (χ0v) is 16.2. The van der Waals surface area contributed by atoms with Crippen molar-refractivity contribution in [1.29, 1.82) is 0 Å². The van der Waals surface area contributed by atoms with Crippen LogP contribution in [0.5, 0.6) is 23.1 Å². The van der Waals surface area contributed by atoms with Crippen LogP contribution in [0.2, 0.25) is 0 Å². The highest BCUT2D eigenvalue weighted by Gasteiger charge is 2.17. The lowest BCUT2D eigenvalue weighted by molar-refractivity contribution is 0.102. The van der Waals surface area contributed by atoms with Crippen LogP contribution in [0.25, 0.3) is 0 Å². The van der Waals surface area contributed by atoms with Crippen LogP contribution in [0.1, 0.15) is 10.4 Å². The molecule has 3 rings (SSSR count). The first-order valence-electron chi connectivity index (χ1n) is 8.25. The number of amides is 1. The van der Waals surface area contributed by atoms with Gasteiger partial charge >= 0.3 is 0 Å². The number of hydrogen-bond donors (Lipinski definition) is 5. The summed E-state index contributed by atoms with van der Waals surface area (Å²) in [7, 11) is -2.57. The number of methoxy groups -OCH3 is 1. The molecule has 0 unspecified atom stereocenters. The van der Waals surface area contributed by atoms with Crippen LogP contribution in [0, 0.1) is 0 Å². The van der Waals surface area contributed by atoms with Crippen molar-refractivity contribution < 1.29 is 33.3 Å². The molecule has 3 aromatic rings. The molecule has 2 aromatic carbocycles. The van der Waals surface area contributed by atoms with E-state index in [1.165, 1.54) is 37.4 Å². The fourth-order valence-corrected chi connectivity index (χ4v) is 3.36. The molecule has 11 nitrogen and oxygen atoms in total. The molecule has 1 amide bonds. The maximum absolute atomic E-state index is 12.5. The number of benzene rings is 2. The molecular formula is C18H16N4O7S. The number of nitrogens with one attached hydrogen (secondary N) is 2. The summed E-state index contributed by atoms with van der Waals surface area (Å²) < 4.78 is 32.2. The third kappa shape index (κ3) is 4.50. The van der Waals surface area contributed by atoms with Crippen molar-refractivity contribution in [2.24, 2.45) is 0 Å². The largest absolute Gasteiger partial charge is 0.504 e. The molecule has 5 N–H and O–H groups in total. The van der Waals surface area contributed by atoms with Crippen LogP contribution in [0.15, 0.2) is 53.7 Å². The first-order chi connectivity index (χ1) is 14.2. The third-order valence-corrected chi connectivity index (χ3v) is 5.22. The van der Waals surface area contributed by atoms with Gasteiger partial charge in [0.1, 0.15) is 12.1 Å². The lowest BCUT2D eigenvalue weighted by Gasteiger charge is -2.10. The van der Waals surface area contributed by atoms with E-state index in [4.69, 9.17) is 4.74 Å². The van der Waals surface area contributed by atoms with Gasteiger partial charge in [-0.25, -0.2) is 18.4 Å². The van der Waals surface area contributed by atoms with Crippen LogP contribution in [0.3, 0.4) is 0 Å². The molecule has 0 radical (unpaired) electrons. The van der Waals surface area contributed by atoms with Crippen molar-refractivity contribution >= 4 is 27.4 Å². The predicted molar refractivity (Wildman–Crippen MR) is 105 cm³/mol. The molecule has 0 bridgehead atoms. The molecule has 1 aromatic heterocycles. The van der Waals surface area contributed by atoms with E-state index in [1.807, 2.05) is 0 Å². The van der Waals surface area contributed by atoms with Gasteiger partial charge in [0, 0.05) is 17.3 Å². The van der Waals surface area contributed by atoms with Gasteiger partial charge in [-0.2, -0.15) is 0 Å². The Kier molecular flexibility index (Phi) is 5.60. The minimum Gasteiger partial charge on any atom is -0.504 e. The van der Waals surface area contributed by atoms with E-state index < -0.39 is 33.2 Å². The quantitative estimate of drug-likeness (QED) is 0.363. The number of hydrogen-bond acceptors (Lipinski definition) is 9. The second kappa shape index (κ2) is 8.13. The standard InChI is InChI=1S/C18H16N4O7S/c1-29-16-8-15(19-9-20-16)22-30(27,28)12-4-2-11(3-5-12)21-18(26)10-6-13(23)17(25)14(24)7-10/h2-9,23-25H,1H3,(H,21,26)(H,19,20,22). The van der Waals surface area contributed by atoms with Gasteiger partial charge in [-0.1, -0.05) is 0 Å². The van der Waals surface area contributed by atoms with Crippen molar-refractivity contribution in [3.8, 4) is 23.1 Å². The molecule has 0 aliphatic heterocycles. The van der Waals surface area contributed by atoms with Crippen molar-refractivity contribution in [2.75, 3.05) is 17.1 Å². The van der Waals surface area contributed by atoms with Crippen LogP contribution >= 0.6 is 0 Å². The molecule has 0 spiro atoms. The second-order valence-corrected chi connectivity index (χ2v) is 7.58. The van der Waals surface area contributed by atoms with Crippen molar-refractivity contribution in [3.63, 3.8) is 0 Å². The minimum atomic E-state index is -3.95. The van der Waals surface area contributed by atoms with Gasteiger partial charge in [0.2, 0.25) is 5.88 Å². The van der Waals surface area contributed by atoms with E-state index in [0.29, 0.717) is 0 Å². The van der Waals surface area contributed by atoms with Crippen LogP contribution in [-0.4, -0.2) is 46.7 Å². The SMILES string of the molecule is COc1cc(NS(=O)(=O)c2ccc(NC(=O)c3cc(O)c(O)c(O)c3)cc2)ncn1. The molecule has 0 atom stereocenters. The Hall–Kier alpha value is -4.06. The average molecular weight is 432 g/mol. The molecule has 12 heteroatoms. The van der Waals surface area contributed by atoms with Gasteiger partial charge in [0.25, 0.3) is 15.9 Å². The Morgan fingerprint density at radius 3 is 2.23 bits per heavy atom. The van der Waals surface area contributed by atoms with E-state index in [-0.39, 0.29) is 27.8 Å². The Bertz CT molecular complexity index is 1170. The Morgan fingerprint density at radius 2 is 1.63 bits per heavy atom. The van der Waals surface area contributed by atoms with Gasteiger partial charge in [-0.3, -0.25) is 9.52 Å². The average Bonchev–Trinajstić information content (AvgIpc) is 2.71. The molecule has 0 fully saturated rings. The summed E-state index contributed by atoms with van der Waals surface area (Å²) in [5.41, 5.74) is 0.147. The minimum absolute atomic E-state index is 0.0196. The monoisotopic (exact) mass is 432 g/mol. The summed E-state index contributed by atoms with van der Waals surface area (Å²) >= 11 is 0. The number of nitrogens with zero attached hydrogens (tertiary/aromatic N) is 2. The molecule has 0 aliphatic rings. The van der Waals surface area contributed by atoms with Crippen LogP contribution < -0.4 is 14.8 Å². The van der Waals surface area contributed by atoms with Gasteiger partial charge in [0.15, 0.2) is 17.2 Å². The fourth-order valence-electron chi connectivity index (χ4n) is 2.36. The zero-order chi connectivity index (χ0) is 21.9. The van der Waals surface area contributed by atoms with E-state index in [2.05, 4.69) is 20.0 Å². The van der Waals surface area contributed by atoms with Crippen LogP contribution in [0.4, 0.5) is 11.5 Å². The highest BCUT2D eigenvalue weighted by Crippen LogP contribution is 2.35. The number of phenols is 3. The number of aromatic hydroxyl groups is 3. The topological polar surface area (TPSA) is 171 Å². The number of carbonyl (C=O) groups is 1. The summed E-state index contributed by atoms with van der Waals surface area (Å²) in [4.78, 5) is 19.8. The van der Waals surface area contributed by atoms with Gasteiger partial charge in [-0.15, -0.1) is 0 Å². The highest BCUT2D eigenvalue weighted by atomic mass is 32.2. The van der Waals surface area contributed by atoms with E-state index in [9.17, 15) is 28.5 Å². The van der Waals surface area contributed by atoms with Crippen molar-refractivity contribution in [3.05, 3.63) is 54.4 Å². The zero-order valence-electron chi connectivity index (χ0n) is 15.4. The number of anilines is 2. The molecule has 0 saturated heterocycles. The lowest BCUT2D eigenvalue weighted by atomic mass is 10.1. The lowest BCUT2D eigenvalue weighted by Crippen LogP contribution is -2.15. The second-order valence-electron chi connectivity index (χ2n) is 5.89. The summed E-state index contributed by atoms with van der Waals surface area (Å²) in [5.74, 6) is -2.54. The fraction of sp³-hybridized carbons (Fsp3) is 0.0556. The molecule has 30 heavy (non-hydrogen) atoms. The van der Waals surface area contributed by atoms with Crippen molar-refractivity contribution in [2.45, 2.75) is 4.90 Å². The number of sulfonamides is 1.